The van der Waals surface area contributed by atoms with E-state index in [0.717, 1.165) is 41.6 Å². The lowest BCUT2D eigenvalue weighted by atomic mass is 9.94. The number of amides is 3. The summed E-state index contributed by atoms with van der Waals surface area (Å²) in [5, 5.41) is 8.33. The van der Waals surface area contributed by atoms with E-state index in [2.05, 4.69) is 28.1 Å². The summed E-state index contributed by atoms with van der Waals surface area (Å²) in [6.45, 7) is 6.57. The fourth-order valence-electron chi connectivity index (χ4n) is 3.06. The van der Waals surface area contributed by atoms with Crippen LogP contribution in [0.15, 0.2) is 24.3 Å². The van der Waals surface area contributed by atoms with Crippen molar-refractivity contribution in [3.8, 4) is 0 Å². The molecule has 0 fully saturated rings. The normalized spacial score (nSPS) is 16.5. The van der Waals surface area contributed by atoms with Crippen molar-refractivity contribution in [2.45, 2.75) is 40.0 Å². The first-order chi connectivity index (χ1) is 11.5. The van der Waals surface area contributed by atoms with Gasteiger partial charge < -0.3 is 16.0 Å². The number of anilines is 1. The minimum atomic E-state index is -0.294. The highest BCUT2D eigenvalue weighted by Gasteiger charge is 2.12. The van der Waals surface area contributed by atoms with Gasteiger partial charge in [0.25, 0.3) is 0 Å². The first-order valence-corrected chi connectivity index (χ1v) is 8.50. The van der Waals surface area contributed by atoms with Crippen LogP contribution in [-0.2, 0) is 4.79 Å². The number of hydrogen-bond acceptors (Lipinski definition) is 2. The molecule has 0 heterocycles. The van der Waals surface area contributed by atoms with Gasteiger partial charge in [0.15, 0.2) is 0 Å². The van der Waals surface area contributed by atoms with Crippen LogP contribution in [0.3, 0.4) is 0 Å². The van der Waals surface area contributed by atoms with E-state index in [-0.39, 0.29) is 18.5 Å². The summed E-state index contributed by atoms with van der Waals surface area (Å²) in [7, 11) is 0. The number of carbonyl (C=O) groups excluding carboxylic acids is 2. The smallest absolute Gasteiger partial charge is 0.315 e. The average Bonchev–Trinajstić information content (AvgIpc) is 2.55. The molecule has 0 saturated heterocycles. The van der Waals surface area contributed by atoms with E-state index < -0.39 is 0 Å². The molecule has 0 aliphatic heterocycles. The topological polar surface area (TPSA) is 70.2 Å². The Hall–Kier alpha value is -2.30. The number of hydrogen-bond donors (Lipinski definition) is 3. The Morgan fingerprint density at radius 3 is 2.42 bits per heavy atom. The van der Waals surface area contributed by atoms with Crippen LogP contribution in [0.25, 0.3) is 0 Å². The van der Waals surface area contributed by atoms with Crippen LogP contribution < -0.4 is 16.0 Å². The van der Waals surface area contributed by atoms with Gasteiger partial charge in [0.05, 0.1) is 6.54 Å². The fraction of sp³-hybridized carbons (Fsp3) is 0.474. The van der Waals surface area contributed by atoms with Gasteiger partial charge in [0.2, 0.25) is 5.91 Å². The van der Waals surface area contributed by atoms with Gasteiger partial charge in [-0.1, -0.05) is 29.8 Å². The van der Waals surface area contributed by atoms with Crippen LogP contribution in [0.5, 0.6) is 0 Å². The molecule has 1 aromatic carbocycles. The Kier molecular flexibility index (Phi) is 6.41. The van der Waals surface area contributed by atoms with Gasteiger partial charge in [0.1, 0.15) is 0 Å². The zero-order valence-corrected chi connectivity index (χ0v) is 14.7. The Balaban J connectivity index is 1.74. The third-order valence-electron chi connectivity index (χ3n) is 4.28. The minimum absolute atomic E-state index is 0.0385. The first-order valence-electron chi connectivity index (χ1n) is 8.50. The van der Waals surface area contributed by atoms with Crippen molar-refractivity contribution in [3.05, 3.63) is 41.0 Å². The summed E-state index contributed by atoms with van der Waals surface area (Å²) in [6.07, 6.45) is 7.52. The standard InChI is InChI=1S/C19H27N3O2/c1-13-9-14(2)18(15(3)10-13)22-17(23)12-21-19(24)20-11-16-7-5-4-6-8-16/h4-5,9-10,16H,6-8,11-12H2,1-3H3,(H,22,23)(H2,20,21,24). The number of aryl methyl sites for hydroxylation is 3. The molecule has 5 heteroatoms. The Morgan fingerprint density at radius 2 is 1.79 bits per heavy atom. The number of rotatable bonds is 5. The lowest BCUT2D eigenvalue weighted by Gasteiger charge is -2.18. The Labute approximate surface area is 143 Å². The number of nitrogens with one attached hydrogen (secondary N) is 3. The second-order valence-electron chi connectivity index (χ2n) is 6.54. The van der Waals surface area contributed by atoms with Crippen molar-refractivity contribution in [3.63, 3.8) is 0 Å². The van der Waals surface area contributed by atoms with Crippen molar-refractivity contribution in [1.82, 2.24) is 10.6 Å². The quantitative estimate of drug-likeness (QED) is 0.726. The maximum absolute atomic E-state index is 12.0. The summed E-state index contributed by atoms with van der Waals surface area (Å²) >= 11 is 0. The van der Waals surface area contributed by atoms with Crippen molar-refractivity contribution in [1.29, 1.82) is 0 Å². The van der Waals surface area contributed by atoms with Gasteiger partial charge in [0, 0.05) is 12.2 Å². The van der Waals surface area contributed by atoms with Crippen LogP contribution in [0.2, 0.25) is 0 Å². The third kappa shape index (κ3) is 5.41. The maximum Gasteiger partial charge on any atom is 0.315 e. The number of carbonyl (C=O) groups is 2. The predicted octanol–water partition coefficient (Wildman–Crippen LogP) is 3.21. The van der Waals surface area contributed by atoms with Crippen LogP contribution in [0, 0.1) is 26.7 Å². The van der Waals surface area contributed by atoms with Crippen molar-refractivity contribution >= 4 is 17.6 Å². The summed E-state index contributed by atoms with van der Waals surface area (Å²) in [5.74, 6) is 0.272. The van der Waals surface area contributed by atoms with Gasteiger partial charge in [-0.05, 0) is 57.1 Å². The highest BCUT2D eigenvalue weighted by Crippen LogP contribution is 2.21. The molecular formula is C19H27N3O2. The Bertz CT molecular complexity index is 614. The fourth-order valence-corrected chi connectivity index (χ4v) is 3.06. The molecule has 1 atom stereocenters. The summed E-state index contributed by atoms with van der Waals surface area (Å²) in [4.78, 5) is 23.9. The molecule has 3 N–H and O–H groups in total. The Morgan fingerprint density at radius 1 is 1.08 bits per heavy atom. The third-order valence-corrected chi connectivity index (χ3v) is 4.28. The zero-order valence-electron chi connectivity index (χ0n) is 14.7. The molecule has 1 aliphatic rings. The van der Waals surface area contributed by atoms with E-state index in [4.69, 9.17) is 0 Å². The molecule has 0 saturated carbocycles. The monoisotopic (exact) mass is 329 g/mol. The molecule has 0 bridgehead atoms. The van der Waals surface area contributed by atoms with E-state index in [1.807, 2.05) is 32.9 Å². The van der Waals surface area contributed by atoms with Crippen LogP contribution >= 0.6 is 0 Å². The zero-order chi connectivity index (χ0) is 17.5. The summed E-state index contributed by atoms with van der Waals surface area (Å²) < 4.78 is 0. The lowest BCUT2D eigenvalue weighted by molar-refractivity contribution is -0.115. The number of benzene rings is 1. The highest BCUT2D eigenvalue weighted by molar-refractivity contribution is 5.95. The van der Waals surface area contributed by atoms with Crippen LogP contribution in [0.4, 0.5) is 10.5 Å². The number of urea groups is 1. The van der Waals surface area contributed by atoms with E-state index in [1.54, 1.807) is 0 Å². The number of allylic oxidation sites excluding steroid dienone is 2. The molecular weight excluding hydrogens is 302 g/mol. The predicted molar refractivity (Wildman–Crippen MR) is 97.2 cm³/mol. The van der Waals surface area contributed by atoms with Crippen molar-refractivity contribution < 1.29 is 9.59 Å². The molecule has 5 nitrogen and oxygen atoms in total. The summed E-state index contributed by atoms with van der Waals surface area (Å²) in [6, 6.07) is 3.76. The van der Waals surface area contributed by atoms with Crippen LogP contribution in [-0.4, -0.2) is 25.0 Å². The second kappa shape index (κ2) is 8.52. The molecule has 0 radical (unpaired) electrons. The largest absolute Gasteiger partial charge is 0.338 e. The van der Waals surface area contributed by atoms with Gasteiger partial charge in [-0.25, -0.2) is 4.79 Å². The summed E-state index contributed by atoms with van der Waals surface area (Å²) in [5.41, 5.74) is 4.03. The van der Waals surface area contributed by atoms with Crippen LogP contribution in [0.1, 0.15) is 36.0 Å². The maximum atomic E-state index is 12.0. The van der Waals surface area contributed by atoms with E-state index in [1.165, 1.54) is 0 Å². The minimum Gasteiger partial charge on any atom is -0.338 e. The molecule has 1 unspecified atom stereocenters. The molecule has 1 aliphatic carbocycles. The van der Waals surface area contributed by atoms with Crippen molar-refractivity contribution in [2.75, 3.05) is 18.4 Å². The van der Waals surface area contributed by atoms with E-state index in [0.29, 0.717) is 12.5 Å². The van der Waals surface area contributed by atoms with Gasteiger partial charge >= 0.3 is 6.03 Å². The molecule has 0 aromatic heterocycles. The molecule has 24 heavy (non-hydrogen) atoms. The highest BCUT2D eigenvalue weighted by atomic mass is 16.2. The molecule has 3 amide bonds. The molecule has 0 spiro atoms. The van der Waals surface area contributed by atoms with E-state index in [9.17, 15) is 9.59 Å². The second-order valence-corrected chi connectivity index (χ2v) is 6.54. The average molecular weight is 329 g/mol. The molecule has 130 valence electrons. The first kappa shape index (κ1) is 18.0. The molecule has 1 aromatic rings. The van der Waals surface area contributed by atoms with E-state index >= 15 is 0 Å². The lowest BCUT2D eigenvalue weighted by Crippen LogP contribution is -2.42. The SMILES string of the molecule is Cc1cc(C)c(NC(=O)CNC(=O)NCC2CC=CCC2)c(C)c1. The molecule has 2 rings (SSSR count). The van der Waals surface area contributed by atoms with Crippen molar-refractivity contribution in [2.24, 2.45) is 5.92 Å². The van der Waals surface area contributed by atoms with Gasteiger partial charge in [-0.2, -0.15) is 0 Å². The van der Waals surface area contributed by atoms with Gasteiger partial charge in [-0.15, -0.1) is 0 Å². The van der Waals surface area contributed by atoms with Gasteiger partial charge in [-0.3, -0.25) is 4.79 Å².